The van der Waals surface area contributed by atoms with Gasteiger partial charge in [0.2, 0.25) is 0 Å². The Hall–Kier alpha value is -1.22. The molecule has 0 bridgehead atoms. The van der Waals surface area contributed by atoms with Crippen molar-refractivity contribution in [2.75, 3.05) is 0 Å². The molecule has 0 saturated carbocycles. The highest BCUT2D eigenvalue weighted by molar-refractivity contribution is 5.34. The molecule has 0 aromatic carbocycles. The minimum Gasteiger partial charge on any atom is -0.344 e. The predicted octanol–water partition coefficient (Wildman–Crippen LogP) is 1.28. The smallest absolute Gasteiger partial charge is 0.151 e. The van der Waals surface area contributed by atoms with Crippen LogP contribution < -0.4 is 6.15 Å². The monoisotopic (exact) mass is 123 g/mol. The van der Waals surface area contributed by atoms with Crippen molar-refractivity contribution in [2.24, 2.45) is 0 Å². The van der Waals surface area contributed by atoms with Gasteiger partial charge in [-0.15, -0.1) is 0 Å². The predicted molar refractivity (Wildman–Crippen MR) is 37.1 cm³/mol. The summed E-state index contributed by atoms with van der Waals surface area (Å²) in [4.78, 5) is 7.74. The first kappa shape index (κ1) is 7.78. The van der Waals surface area contributed by atoms with Crippen molar-refractivity contribution in [3.05, 3.63) is 30.9 Å². The summed E-state index contributed by atoms with van der Waals surface area (Å²) >= 11 is 0. The molecule has 0 amide bonds. The zero-order valence-electron chi connectivity index (χ0n) is 5.12. The molecule has 0 aliphatic carbocycles. The van der Waals surface area contributed by atoms with Gasteiger partial charge in [-0.05, 0) is 12.1 Å². The number of nitrogens with zero attached hydrogens (tertiary/aromatic N) is 2. The van der Waals surface area contributed by atoms with Gasteiger partial charge in [0, 0.05) is 12.4 Å². The second-order valence-corrected chi connectivity index (χ2v) is 1.31. The van der Waals surface area contributed by atoms with Crippen LogP contribution in [0.2, 0.25) is 0 Å². The molecule has 9 heavy (non-hydrogen) atoms. The third-order valence-corrected chi connectivity index (χ3v) is 0.768. The van der Waals surface area contributed by atoms with Crippen LogP contribution in [0.25, 0.3) is 6.08 Å². The summed E-state index contributed by atoms with van der Waals surface area (Å²) in [5.74, 6) is 0.674. The van der Waals surface area contributed by atoms with Gasteiger partial charge in [0.15, 0.2) is 5.82 Å². The van der Waals surface area contributed by atoms with Gasteiger partial charge in [-0.2, -0.15) is 0 Å². The van der Waals surface area contributed by atoms with Gasteiger partial charge >= 0.3 is 0 Å². The second kappa shape index (κ2) is 3.74. The van der Waals surface area contributed by atoms with Gasteiger partial charge < -0.3 is 6.15 Å². The molecule has 1 aromatic heterocycles. The Kier molecular flexibility index (Phi) is 3.23. The van der Waals surface area contributed by atoms with Crippen molar-refractivity contribution in [2.45, 2.75) is 0 Å². The fourth-order valence-corrected chi connectivity index (χ4v) is 0.416. The molecule has 48 valence electrons. The fraction of sp³-hybridized carbons (Fsp3) is 0. The second-order valence-electron chi connectivity index (χ2n) is 1.31. The molecule has 1 aromatic rings. The maximum absolute atomic E-state index is 3.87. The molecule has 0 saturated heterocycles. The lowest BCUT2D eigenvalue weighted by molar-refractivity contribution is 1.14. The summed E-state index contributed by atoms with van der Waals surface area (Å²) in [6, 6.07) is 1.77. The summed E-state index contributed by atoms with van der Waals surface area (Å²) in [5, 5.41) is 0. The molecular weight excluding hydrogens is 114 g/mol. The van der Waals surface area contributed by atoms with E-state index < -0.39 is 0 Å². The van der Waals surface area contributed by atoms with E-state index in [4.69, 9.17) is 0 Å². The van der Waals surface area contributed by atoms with E-state index in [1.807, 2.05) is 0 Å². The molecule has 0 spiro atoms. The molecule has 1 heterocycles. The number of hydrogen-bond donors (Lipinski definition) is 1. The number of aromatic nitrogens is 2. The maximum Gasteiger partial charge on any atom is 0.151 e. The van der Waals surface area contributed by atoms with E-state index in [2.05, 4.69) is 16.5 Å². The molecule has 0 radical (unpaired) electrons. The summed E-state index contributed by atoms with van der Waals surface area (Å²) in [6.07, 6.45) is 4.98. The lowest BCUT2D eigenvalue weighted by Crippen LogP contribution is -1.80. The zero-order chi connectivity index (χ0) is 5.82. The summed E-state index contributed by atoms with van der Waals surface area (Å²) in [6.45, 7) is 3.51. The first-order chi connectivity index (χ1) is 3.93. The molecule has 3 nitrogen and oxygen atoms in total. The van der Waals surface area contributed by atoms with Gasteiger partial charge in [-0.25, -0.2) is 9.97 Å². The van der Waals surface area contributed by atoms with Crippen molar-refractivity contribution < 1.29 is 0 Å². The fourth-order valence-electron chi connectivity index (χ4n) is 0.416. The molecule has 1 rings (SSSR count). The average Bonchev–Trinajstić information content (AvgIpc) is 1.90. The largest absolute Gasteiger partial charge is 0.344 e. The molecular formula is C6H9N3. The molecule has 0 fully saturated rings. The normalized spacial score (nSPS) is 7.56. The van der Waals surface area contributed by atoms with E-state index in [0.29, 0.717) is 5.82 Å². The van der Waals surface area contributed by atoms with E-state index in [1.165, 1.54) is 0 Å². The quantitative estimate of drug-likeness (QED) is 0.611. The van der Waals surface area contributed by atoms with Crippen LogP contribution in [-0.2, 0) is 0 Å². The van der Waals surface area contributed by atoms with Crippen LogP contribution in [-0.4, -0.2) is 9.97 Å². The minimum absolute atomic E-state index is 0. The molecule has 0 atom stereocenters. The average molecular weight is 123 g/mol. The highest BCUT2D eigenvalue weighted by Gasteiger charge is 1.79. The zero-order valence-corrected chi connectivity index (χ0v) is 5.12. The molecule has 3 heteroatoms. The van der Waals surface area contributed by atoms with Crippen molar-refractivity contribution in [3.8, 4) is 0 Å². The highest BCUT2D eigenvalue weighted by atomic mass is 14.8. The maximum atomic E-state index is 3.87. The highest BCUT2D eigenvalue weighted by Crippen LogP contribution is 1.85. The third-order valence-electron chi connectivity index (χ3n) is 0.768. The van der Waals surface area contributed by atoms with Gasteiger partial charge in [0.05, 0.1) is 0 Å². The standard InChI is InChI=1S/C6H6N2.H3N/c1-2-6-7-4-3-5-8-6;/h2-5H,1H2;1H3. The van der Waals surface area contributed by atoms with E-state index in [0.717, 1.165) is 0 Å². The van der Waals surface area contributed by atoms with E-state index >= 15 is 0 Å². The van der Waals surface area contributed by atoms with Crippen molar-refractivity contribution in [1.29, 1.82) is 0 Å². The van der Waals surface area contributed by atoms with Gasteiger partial charge in [-0.1, -0.05) is 6.58 Å². The lowest BCUT2D eigenvalue weighted by Gasteiger charge is -1.83. The van der Waals surface area contributed by atoms with Gasteiger partial charge in [-0.3, -0.25) is 0 Å². The Bertz CT molecular complexity index is 171. The Labute approximate surface area is 54.0 Å². The topological polar surface area (TPSA) is 60.8 Å². The van der Waals surface area contributed by atoms with Gasteiger partial charge in [0.25, 0.3) is 0 Å². The molecule has 0 aliphatic rings. The molecule has 0 aliphatic heterocycles. The van der Waals surface area contributed by atoms with Crippen LogP contribution in [0.5, 0.6) is 0 Å². The van der Waals surface area contributed by atoms with E-state index in [-0.39, 0.29) is 6.15 Å². The summed E-state index contributed by atoms with van der Waals surface area (Å²) < 4.78 is 0. The van der Waals surface area contributed by atoms with Crippen LogP contribution in [0.1, 0.15) is 5.82 Å². The molecule has 0 unspecified atom stereocenters. The van der Waals surface area contributed by atoms with Crippen LogP contribution >= 0.6 is 0 Å². The number of hydrogen-bond acceptors (Lipinski definition) is 3. The van der Waals surface area contributed by atoms with Gasteiger partial charge in [0.1, 0.15) is 0 Å². The Morgan fingerprint density at radius 2 is 1.89 bits per heavy atom. The number of rotatable bonds is 1. The van der Waals surface area contributed by atoms with Crippen molar-refractivity contribution in [3.63, 3.8) is 0 Å². The first-order valence-electron chi connectivity index (χ1n) is 2.33. The SMILES string of the molecule is C=Cc1ncccn1.N. The van der Waals surface area contributed by atoms with E-state index in [9.17, 15) is 0 Å². The summed E-state index contributed by atoms with van der Waals surface area (Å²) in [5.41, 5.74) is 0. The first-order valence-corrected chi connectivity index (χ1v) is 2.33. The van der Waals surface area contributed by atoms with Crippen molar-refractivity contribution in [1.82, 2.24) is 16.1 Å². The van der Waals surface area contributed by atoms with Crippen LogP contribution in [0.3, 0.4) is 0 Å². The summed E-state index contributed by atoms with van der Waals surface area (Å²) in [7, 11) is 0. The van der Waals surface area contributed by atoms with Crippen molar-refractivity contribution >= 4 is 6.08 Å². The Balaban J connectivity index is 0.000000640. The van der Waals surface area contributed by atoms with E-state index in [1.54, 1.807) is 24.5 Å². The Morgan fingerprint density at radius 3 is 2.22 bits per heavy atom. The third kappa shape index (κ3) is 2.01. The van der Waals surface area contributed by atoms with Crippen LogP contribution in [0.15, 0.2) is 25.0 Å². The van der Waals surface area contributed by atoms with Crippen LogP contribution in [0, 0.1) is 0 Å². The Morgan fingerprint density at radius 1 is 1.33 bits per heavy atom. The minimum atomic E-state index is 0. The lowest BCUT2D eigenvalue weighted by atomic mass is 10.5. The van der Waals surface area contributed by atoms with Crippen LogP contribution in [0.4, 0.5) is 0 Å². The molecule has 3 N–H and O–H groups in total.